The fourth-order valence-electron chi connectivity index (χ4n) is 2.37. The Kier molecular flexibility index (Phi) is 5.03. The molecule has 2 rings (SSSR count). The third-order valence-corrected chi connectivity index (χ3v) is 3.48. The van der Waals surface area contributed by atoms with Gasteiger partial charge in [-0.25, -0.2) is 4.79 Å². The number of imide groups is 1. The lowest BCUT2D eigenvalue weighted by molar-refractivity contribution is -0.120. The molecule has 0 aromatic heterocycles. The maximum atomic E-state index is 11.6. The molecular formula is C15H21N3O3. The Labute approximate surface area is 124 Å². The molecule has 114 valence electrons. The Morgan fingerprint density at radius 3 is 2.43 bits per heavy atom. The molecule has 6 nitrogen and oxygen atoms in total. The summed E-state index contributed by atoms with van der Waals surface area (Å²) in [7, 11) is 0. The van der Waals surface area contributed by atoms with Crippen LogP contribution in [0.1, 0.15) is 32.6 Å². The van der Waals surface area contributed by atoms with Crippen molar-refractivity contribution < 1.29 is 14.3 Å². The van der Waals surface area contributed by atoms with E-state index in [4.69, 9.17) is 10.5 Å². The summed E-state index contributed by atoms with van der Waals surface area (Å²) in [4.78, 5) is 22.2. The number of benzene rings is 1. The van der Waals surface area contributed by atoms with Crippen molar-refractivity contribution in [3.05, 3.63) is 24.3 Å². The van der Waals surface area contributed by atoms with Crippen LogP contribution in [-0.2, 0) is 4.79 Å². The summed E-state index contributed by atoms with van der Waals surface area (Å²) in [5.41, 5.74) is 5.69. The molecule has 4 N–H and O–H groups in total. The lowest BCUT2D eigenvalue weighted by Gasteiger charge is -2.16. The van der Waals surface area contributed by atoms with Gasteiger partial charge in [0.2, 0.25) is 5.91 Å². The van der Waals surface area contributed by atoms with Gasteiger partial charge < -0.3 is 15.8 Å². The van der Waals surface area contributed by atoms with Gasteiger partial charge in [-0.2, -0.15) is 0 Å². The molecular weight excluding hydrogens is 270 g/mol. The molecule has 1 unspecified atom stereocenters. The summed E-state index contributed by atoms with van der Waals surface area (Å²) in [6.07, 6.45) is 5.02. The van der Waals surface area contributed by atoms with E-state index in [2.05, 4.69) is 5.32 Å². The summed E-state index contributed by atoms with van der Waals surface area (Å²) in [6.45, 7) is 1.65. The number of hydrogen-bond acceptors (Lipinski definition) is 4. The van der Waals surface area contributed by atoms with Crippen LogP contribution >= 0.6 is 0 Å². The predicted molar refractivity (Wildman–Crippen MR) is 80.1 cm³/mol. The normalized spacial score (nSPS) is 16.2. The number of primary amides is 1. The highest BCUT2D eigenvalue weighted by Crippen LogP contribution is 2.25. The quantitative estimate of drug-likeness (QED) is 0.773. The van der Waals surface area contributed by atoms with Crippen LogP contribution in [0, 0.1) is 0 Å². The average molecular weight is 291 g/mol. The molecule has 0 radical (unpaired) electrons. The van der Waals surface area contributed by atoms with Crippen molar-refractivity contribution in [2.75, 3.05) is 5.32 Å². The third-order valence-electron chi connectivity index (χ3n) is 3.48. The van der Waals surface area contributed by atoms with E-state index in [9.17, 15) is 9.59 Å². The van der Waals surface area contributed by atoms with Gasteiger partial charge in [0, 0.05) is 5.69 Å². The Morgan fingerprint density at radius 1 is 1.24 bits per heavy atom. The molecule has 6 heteroatoms. The predicted octanol–water partition coefficient (Wildman–Crippen LogP) is 2.00. The zero-order valence-corrected chi connectivity index (χ0v) is 12.1. The summed E-state index contributed by atoms with van der Waals surface area (Å²) in [5.74, 6) is 0.371. The maximum Gasteiger partial charge on any atom is 0.318 e. The van der Waals surface area contributed by atoms with Gasteiger partial charge in [-0.1, -0.05) is 0 Å². The number of hydrogen-bond donors (Lipinski definition) is 3. The molecule has 1 fully saturated rings. The van der Waals surface area contributed by atoms with Gasteiger partial charge in [-0.15, -0.1) is 0 Å². The first-order valence-electron chi connectivity index (χ1n) is 7.18. The molecule has 1 aliphatic carbocycles. The number of anilines is 1. The zero-order chi connectivity index (χ0) is 15.2. The monoisotopic (exact) mass is 291 g/mol. The van der Waals surface area contributed by atoms with Gasteiger partial charge >= 0.3 is 6.03 Å². The molecule has 1 aromatic carbocycles. The summed E-state index contributed by atoms with van der Waals surface area (Å²) in [6, 6.07) is 6.03. The molecule has 0 saturated heterocycles. The van der Waals surface area contributed by atoms with E-state index in [0.29, 0.717) is 6.10 Å². The van der Waals surface area contributed by atoms with Gasteiger partial charge in [0.15, 0.2) is 0 Å². The number of carbonyl (C=O) groups is 2. The molecule has 0 bridgehead atoms. The number of nitrogens with two attached hydrogens (primary N) is 1. The minimum atomic E-state index is -0.853. The highest BCUT2D eigenvalue weighted by molar-refractivity contribution is 5.97. The van der Waals surface area contributed by atoms with Crippen LogP contribution in [-0.4, -0.2) is 24.1 Å². The van der Waals surface area contributed by atoms with Gasteiger partial charge in [-0.05, 0) is 56.9 Å². The van der Waals surface area contributed by atoms with Crippen molar-refractivity contribution in [3.63, 3.8) is 0 Å². The molecule has 1 aliphatic rings. The second-order valence-corrected chi connectivity index (χ2v) is 5.27. The van der Waals surface area contributed by atoms with E-state index in [-0.39, 0.29) is 0 Å². The standard InChI is InChI=1S/C15H21N3O3/c1-10(14(19)18-15(16)20)17-11-6-8-13(9-7-11)21-12-4-2-3-5-12/h6-10,12,17H,2-5H2,1H3,(H3,16,18,19,20). The summed E-state index contributed by atoms with van der Waals surface area (Å²) >= 11 is 0. The number of urea groups is 1. The van der Waals surface area contributed by atoms with Crippen LogP contribution in [0.3, 0.4) is 0 Å². The first-order valence-corrected chi connectivity index (χ1v) is 7.18. The Balaban J connectivity index is 1.86. The van der Waals surface area contributed by atoms with Gasteiger partial charge in [0.1, 0.15) is 11.8 Å². The van der Waals surface area contributed by atoms with Gasteiger partial charge in [-0.3, -0.25) is 10.1 Å². The molecule has 1 saturated carbocycles. The number of carbonyl (C=O) groups excluding carboxylic acids is 2. The van der Waals surface area contributed by atoms with Crippen molar-refractivity contribution in [3.8, 4) is 5.75 Å². The van der Waals surface area contributed by atoms with Crippen LogP contribution in [0.5, 0.6) is 5.75 Å². The molecule has 1 aromatic rings. The highest BCUT2D eigenvalue weighted by Gasteiger charge is 2.17. The maximum absolute atomic E-state index is 11.6. The largest absolute Gasteiger partial charge is 0.490 e. The van der Waals surface area contributed by atoms with E-state index < -0.39 is 18.0 Å². The van der Waals surface area contributed by atoms with E-state index in [1.807, 2.05) is 29.6 Å². The van der Waals surface area contributed by atoms with Crippen LogP contribution in [0.25, 0.3) is 0 Å². The molecule has 0 heterocycles. The Bertz CT molecular complexity index is 495. The molecule has 1 atom stereocenters. The van der Waals surface area contributed by atoms with E-state index in [0.717, 1.165) is 24.3 Å². The lowest BCUT2D eigenvalue weighted by Crippen LogP contribution is -2.43. The second-order valence-electron chi connectivity index (χ2n) is 5.27. The fourth-order valence-corrected chi connectivity index (χ4v) is 2.37. The van der Waals surface area contributed by atoms with E-state index in [1.54, 1.807) is 6.92 Å². The SMILES string of the molecule is CC(Nc1ccc(OC2CCCC2)cc1)C(=O)NC(N)=O. The van der Waals surface area contributed by atoms with E-state index >= 15 is 0 Å². The van der Waals surface area contributed by atoms with Crippen molar-refractivity contribution in [2.45, 2.75) is 44.8 Å². The number of rotatable bonds is 5. The van der Waals surface area contributed by atoms with Crippen molar-refractivity contribution in [1.29, 1.82) is 0 Å². The number of ether oxygens (including phenoxy) is 1. The Morgan fingerprint density at radius 2 is 1.86 bits per heavy atom. The van der Waals surface area contributed by atoms with Crippen LogP contribution in [0.4, 0.5) is 10.5 Å². The van der Waals surface area contributed by atoms with Crippen LogP contribution in [0.15, 0.2) is 24.3 Å². The molecule has 21 heavy (non-hydrogen) atoms. The summed E-state index contributed by atoms with van der Waals surface area (Å²) < 4.78 is 5.87. The van der Waals surface area contributed by atoms with Gasteiger partial charge in [0.25, 0.3) is 0 Å². The molecule has 0 spiro atoms. The van der Waals surface area contributed by atoms with E-state index in [1.165, 1.54) is 12.8 Å². The molecule has 3 amide bonds. The zero-order valence-electron chi connectivity index (χ0n) is 12.1. The number of amides is 3. The fraction of sp³-hybridized carbons (Fsp3) is 0.467. The molecule has 0 aliphatic heterocycles. The first kappa shape index (κ1) is 15.2. The van der Waals surface area contributed by atoms with Crippen molar-refractivity contribution >= 4 is 17.6 Å². The van der Waals surface area contributed by atoms with Crippen molar-refractivity contribution in [1.82, 2.24) is 5.32 Å². The smallest absolute Gasteiger partial charge is 0.318 e. The minimum absolute atomic E-state index is 0.323. The van der Waals surface area contributed by atoms with Crippen LogP contribution < -0.4 is 21.1 Å². The summed E-state index contributed by atoms with van der Waals surface area (Å²) in [5, 5.41) is 5.03. The Hall–Kier alpha value is -2.24. The second kappa shape index (κ2) is 6.97. The van der Waals surface area contributed by atoms with Gasteiger partial charge in [0.05, 0.1) is 6.10 Å². The number of nitrogens with one attached hydrogen (secondary N) is 2. The average Bonchev–Trinajstić information content (AvgIpc) is 2.93. The minimum Gasteiger partial charge on any atom is -0.490 e. The highest BCUT2D eigenvalue weighted by atomic mass is 16.5. The third kappa shape index (κ3) is 4.66. The topological polar surface area (TPSA) is 93.4 Å². The lowest BCUT2D eigenvalue weighted by atomic mass is 10.2. The van der Waals surface area contributed by atoms with Crippen molar-refractivity contribution in [2.24, 2.45) is 5.73 Å². The van der Waals surface area contributed by atoms with Crippen LogP contribution in [0.2, 0.25) is 0 Å². The first-order chi connectivity index (χ1) is 10.0.